The van der Waals surface area contributed by atoms with Crippen LogP contribution in [0.1, 0.15) is 26.7 Å². The summed E-state index contributed by atoms with van der Waals surface area (Å²) in [5.41, 5.74) is 0. The van der Waals surface area contributed by atoms with Crippen LogP contribution in [0.2, 0.25) is 0 Å². The van der Waals surface area contributed by atoms with Gasteiger partial charge in [-0.25, -0.2) is 0 Å². The fraction of sp³-hybridized carbons (Fsp3) is 0.667. The van der Waals surface area contributed by atoms with Gasteiger partial charge < -0.3 is 15.2 Å². The van der Waals surface area contributed by atoms with Crippen LogP contribution in [0.5, 0.6) is 0 Å². The molecule has 0 rings (SSSR count). The van der Waals surface area contributed by atoms with Crippen molar-refractivity contribution in [2.45, 2.75) is 32.7 Å². The number of carbonyl (C=O) groups excluding carboxylic acids is 2. The normalized spacial score (nSPS) is 11.6. The smallest absolute Gasteiger partial charge is 0.307 e. The highest BCUT2D eigenvalue weighted by atomic mass is 16.5. The Morgan fingerprint density at radius 3 is 2.33 bits per heavy atom. The monoisotopic (exact) mass is 217 g/mol. The van der Waals surface area contributed by atoms with Crippen LogP contribution in [0, 0.1) is 0 Å². The van der Waals surface area contributed by atoms with Crippen molar-refractivity contribution in [1.82, 2.24) is 5.32 Å². The summed E-state index contributed by atoms with van der Waals surface area (Å²) in [5, 5.41) is 10.9. The minimum Gasteiger partial charge on any atom is -0.481 e. The molecule has 0 heterocycles. The first-order chi connectivity index (χ1) is 6.95. The third-order valence-electron chi connectivity index (χ3n) is 1.55. The number of amides is 1. The summed E-state index contributed by atoms with van der Waals surface area (Å²) in [6.07, 6.45) is -0.419. The zero-order valence-electron chi connectivity index (χ0n) is 8.78. The summed E-state index contributed by atoms with van der Waals surface area (Å²) in [7, 11) is 0. The highest BCUT2D eigenvalue weighted by molar-refractivity contribution is 5.77. The Hall–Kier alpha value is -1.59. The van der Waals surface area contributed by atoms with Crippen LogP contribution in [-0.2, 0) is 19.1 Å². The van der Waals surface area contributed by atoms with Gasteiger partial charge in [0.05, 0.1) is 19.4 Å². The molecule has 6 heteroatoms. The molecule has 0 aromatic rings. The summed E-state index contributed by atoms with van der Waals surface area (Å²) in [6, 6.07) is -0.709. The van der Waals surface area contributed by atoms with E-state index < -0.39 is 18.0 Å². The van der Waals surface area contributed by atoms with E-state index in [0.29, 0.717) is 0 Å². The minimum absolute atomic E-state index is 0.125. The van der Waals surface area contributed by atoms with Crippen molar-refractivity contribution in [1.29, 1.82) is 0 Å². The maximum absolute atomic E-state index is 11.0. The van der Waals surface area contributed by atoms with Gasteiger partial charge in [0.2, 0.25) is 5.91 Å². The first kappa shape index (κ1) is 13.4. The molecule has 1 atom stereocenters. The lowest BCUT2D eigenvalue weighted by atomic mass is 10.1. The Balaban J connectivity index is 4.16. The Kier molecular flexibility index (Phi) is 6.08. The molecule has 0 aliphatic heterocycles. The molecule has 0 aromatic carbocycles. The van der Waals surface area contributed by atoms with Crippen LogP contribution in [0.25, 0.3) is 0 Å². The van der Waals surface area contributed by atoms with Crippen molar-refractivity contribution < 1.29 is 24.2 Å². The summed E-state index contributed by atoms with van der Waals surface area (Å²) in [6.45, 7) is 3.15. The first-order valence-electron chi connectivity index (χ1n) is 4.60. The van der Waals surface area contributed by atoms with Crippen LogP contribution in [-0.4, -0.2) is 35.6 Å². The number of carboxylic acid groups (broad SMARTS) is 1. The van der Waals surface area contributed by atoms with Gasteiger partial charge in [-0.2, -0.15) is 0 Å². The molecule has 0 aliphatic rings. The van der Waals surface area contributed by atoms with Gasteiger partial charge in [-0.05, 0) is 6.92 Å². The average molecular weight is 217 g/mol. The van der Waals surface area contributed by atoms with Gasteiger partial charge in [0.25, 0.3) is 0 Å². The van der Waals surface area contributed by atoms with Gasteiger partial charge in [0.1, 0.15) is 0 Å². The molecule has 0 fully saturated rings. The van der Waals surface area contributed by atoms with Gasteiger partial charge in [-0.15, -0.1) is 0 Å². The molecular formula is C9H15NO5. The van der Waals surface area contributed by atoms with E-state index in [-0.39, 0.29) is 25.4 Å². The molecule has 0 aromatic heterocycles. The molecule has 0 bridgehead atoms. The zero-order chi connectivity index (χ0) is 11.8. The van der Waals surface area contributed by atoms with Crippen LogP contribution in [0.15, 0.2) is 0 Å². The van der Waals surface area contributed by atoms with E-state index in [2.05, 4.69) is 10.1 Å². The maximum Gasteiger partial charge on any atom is 0.307 e. The fourth-order valence-corrected chi connectivity index (χ4v) is 1.09. The Morgan fingerprint density at radius 2 is 1.93 bits per heavy atom. The van der Waals surface area contributed by atoms with Gasteiger partial charge in [-0.1, -0.05) is 0 Å². The second kappa shape index (κ2) is 6.80. The van der Waals surface area contributed by atoms with E-state index >= 15 is 0 Å². The summed E-state index contributed by atoms with van der Waals surface area (Å²) in [4.78, 5) is 32.2. The summed E-state index contributed by atoms with van der Waals surface area (Å²) < 4.78 is 4.65. The fourth-order valence-electron chi connectivity index (χ4n) is 1.09. The number of nitrogens with one attached hydrogen (secondary N) is 1. The molecule has 0 saturated carbocycles. The number of carboxylic acids is 1. The number of hydrogen-bond acceptors (Lipinski definition) is 4. The van der Waals surface area contributed by atoms with Gasteiger partial charge in [-0.3, -0.25) is 14.4 Å². The van der Waals surface area contributed by atoms with E-state index in [0.717, 1.165) is 0 Å². The van der Waals surface area contributed by atoms with Crippen molar-refractivity contribution in [2.24, 2.45) is 0 Å². The van der Waals surface area contributed by atoms with Gasteiger partial charge in [0, 0.05) is 13.0 Å². The third kappa shape index (κ3) is 7.48. The van der Waals surface area contributed by atoms with E-state index in [4.69, 9.17) is 5.11 Å². The predicted molar refractivity (Wildman–Crippen MR) is 51.1 cm³/mol. The van der Waals surface area contributed by atoms with Crippen LogP contribution in [0.3, 0.4) is 0 Å². The molecule has 0 saturated heterocycles. The lowest BCUT2D eigenvalue weighted by Gasteiger charge is -2.14. The Morgan fingerprint density at radius 1 is 1.33 bits per heavy atom. The number of aliphatic carboxylic acids is 1. The largest absolute Gasteiger partial charge is 0.481 e. The average Bonchev–Trinajstić information content (AvgIpc) is 2.00. The molecular weight excluding hydrogens is 202 g/mol. The third-order valence-corrected chi connectivity index (χ3v) is 1.55. The maximum atomic E-state index is 11.0. The van der Waals surface area contributed by atoms with Crippen molar-refractivity contribution >= 4 is 17.8 Å². The summed E-state index contributed by atoms with van der Waals surface area (Å²) in [5.74, 6) is -1.96. The lowest BCUT2D eigenvalue weighted by molar-refractivity contribution is -0.144. The molecule has 0 radical (unpaired) electrons. The molecule has 2 N–H and O–H groups in total. The second-order valence-corrected chi connectivity index (χ2v) is 3.00. The predicted octanol–water partition coefficient (Wildman–Crippen LogP) is -0.0810. The SMILES string of the molecule is CCOC(=O)C[C@H](CC(=O)O)NC(C)=O. The van der Waals surface area contributed by atoms with Crippen molar-refractivity contribution in [3.8, 4) is 0 Å². The summed E-state index contributed by atoms with van der Waals surface area (Å²) >= 11 is 0. The molecule has 1 amide bonds. The van der Waals surface area contributed by atoms with Crippen LogP contribution in [0.4, 0.5) is 0 Å². The van der Waals surface area contributed by atoms with Crippen LogP contribution >= 0.6 is 0 Å². The standard InChI is InChI=1S/C9H15NO5/c1-3-15-9(14)5-7(4-8(12)13)10-6(2)11/h7H,3-5H2,1-2H3,(H,10,11)(H,12,13)/t7-/m0/s1. The van der Waals surface area contributed by atoms with Gasteiger partial charge >= 0.3 is 11.9 Å². The van der Waals surface area contributed by atoms with Crippen molar-refractivity contribution in [3.05, 3.63) is 0 Å². The van der Waals surface area contributed by atoms with E-state index in [9.17, 15) is 14.4 Å². The molecule has 0 spiro atoms. The molecule has 86 valence electrons. The molecule has 0 aliphatic carbocycles. The van der Waals surface area contributed by atoms with Crippen molar-refractivity contribution in [3.63, 3.8) is 0 Å². The number of rotatable bonds is 6. The minimum atomic E-state index is -1.07. The topological polar surface area (TPSA) is 92.7 Å². The second-order valence-electron chi connectivity index (χ2n) is 3.00. The first-order valence-corrected chi connectivity index (χ1v) is 4.60. The van der Waals surface area contributed by atoms with E-state index in [1.807, 2.05) is 0 Å². The quantitative estimate of drug-likeness (QED) is 0.607. The molecule has 6 nitrogen and oxygen atoms in total. The Labute approximate surface area is 87.6 Å². The van der Waals surface area contributed by atoms with E-state index in [1.165, 1.54) is 6.92 Å². The molecule has 15 heavy (non-hydrogen) atoms. The lowest BCUT2D eigenvalue weighted by Crippen LogP contribution is -2.37. The Bertz CT molecular complexity index is 235. The van der Waals surface area contributed by atoms with Crippen LogP contribution < -0.4 is 5.32 Å². The molecule has 0 unspecified atom stereocenters. The highest BCUT2D eigenvalue weighted by Gasteiger charge is 2.18. The number of ether oxygens (including phenoxy) is 1. The van der Waals surface area contributed by atoms with Gasteiger partial charge in [0.15, 0.2) is 0 Å². The number of hydrogen-bond donors (Lipinski definition) is 2. The van der Waals surface area contributed by atoms with E-state index in [1.54, 1.807) is 6.92 Å². The number of carbonyl (C=O) groups is 3. The van der Waals surface area contributed by atoms with Crippen molar-refractivity contribution in [2.75, 3.05) is 6.61 Å². The number of esters is 1. The highest BCUT2D eigenvalue weighted by Crippen LogP contribution is 2.00. The zero-order valence-corrected chi connectivity index (χ0v) is 8.78.